The van der Waals surface area contributed by atoms with Gasteiger partial charge in [-0.15, -0.1) is 0 Å². The molecule has 0 saturated heterocycles. The molecule has 7 nitrogen and oxygen atoms in total. The van der Waals surface area contributed by atoms with E-state index in [-0.39, 0.29) is 5.56 Å². The molecule has 0 bridgehead atoms. The summed E-state index contributed by atoms with van der Waals surface area (Å²) in [5, 5.41) is 21.0. The van der Waals surface area contributed by atoms with Crippen molar-refractivity contribution in [3.63, 3.8) is 0 Å². The lowest BCUT2D eigenvalue weighted by Crippen LogP contribution is -2.14. The minimum atomic E-state index is -0.768. The number of nitrogens with zero attached hydrogens (tertiary/aromatic N) is 2. The van der Waals surface area contributed by atoms with Crippen LogP contribution in [0.2, 0.25) is 0 Å². The first-order chi connectivity index (χ1) is 11.0. The molecule has 0 aliphatic rings. The monoisotopic (exact) mass is 314 g/mol. The molecular formula is C15H11FN4O3. The van der Waals surface area contributed by atoms with E-state index in [0.29, 0.717) is 11.2 Å². The average molecular weight is 314 g/mol. The molecule has 116 valence electrons. The van der Waals surface area contributed by atoms with Crippen LogP contribution in [0.15, 0.2) is 36.5 Å². The van der Waals surface area contributed by atoms with E-state index in [2.05, 4.69) is 15.5 Å². The molecule has 0 radical (unpaired) electrons. The Labute approximate surface area is 129 Å². The zero-order chi connectivity index (χ0) is 16.6. The van der Waals surface area contributed by atoms with Crippen LogP contribution < -0.4 is 5.32 Å². The first kappa shape index (κ1) is 14.6. The van der Waals surface area contributed by atoms with E-state index >= 15 is 0 Å². The molecule has 8 heteroatoms. The fourth-order valence-electron chi connectivity index (χ4n) is 2.32. The zero-order valence-corrected chi connectivity index (χ0v) is 12.0. The summed E-state index contributed by atoms with van der Waals surface area (Å²) in [5.74, 6) is -1.49. The Bertz CT molecular complexity index is 936. The molecule has 1 heterocycles. The topological polar surface area (TPSA) is 101 Å². The summed E-state index contributed by atoms with van der Waals surface area (Å²) in [4.78, 5) is 22.6. The van der Waals surface area contributed by atoms with Crippen molar-refractivity contribution in [3.05, 3.63) is 63.6 Å². The van der Waals surface area contributed by atoms with E-state index < -0.39 is 22.3 Å². The minimum absolute atomic E-state index is 0.344. The van der Waals surface area contributed by atoms with Gasteiger partial charge in [-0.3, -0.25) is 20.0 Å². The number of carbonyl (C=O) groups excluding carboxylic acids is 1. The fourth-order valence-corrected chi connectivity index (χ4v) is 2.32. The number of nitro benzene ring substituents is 1. The molecule has 0 saturated carbocycles. The lowest BCUT2D eigenvalue weighted by atomic mass is 10.1. The molecule has 0 aliphatic carbocycles. The van der Waals surface area contributed by atoms with Crippen LogP contribution in [0.4, 0.5) is 15.8 Å². The van der Waals surface area contributed by atoms with Gasteiger partial charge in [0.25, 0.3) is 11.6 Å². The molecule has 0 fully saturated rings. The molecule has 0 spiro atoms. The summed E-state index contributed by atoms with van der Waals surface area (Å²) in [5.41, 5.74) is 1.16. The second-order valence-corrected chi connectivity index (χ2v) is 4.96. The van der Waals surface area contributed by atoms with E-state index in [9.17, 15) is 19.3 Å². The summed E-state index contributed by atoms with van der Waals surface area (Å²) < 4.78 is 13.3. The van der Waals surface area contributed by atoms with Crippen LogP contribution in [0.5, 0.6) is 0 Å². The molecule has 0 unspecified atom stereocenters. The Morgan fingerprint density at radius 2 is 2.13 bits per heavy atom. The van der Waals surface area contributed by atoms with Gasteiger partial charge < -0.3 is 5.32 Å². The predicted octanol–water partition coefficient (Wildman–Crippen LogP) is 3.17. The number of benzene rings is 2. The molecule has 23 heavy (non-hydrogen) atoms. The van der Waals surface area contributed by atoms with E-state index in [0.717, 1.165) is 29.1 Å². The van der Waals surface area contributed by atoms with Gasteiger partial charge in [0.2, 0.25) is 0 Å². The highest BCUT2D eigenvalue weighted by atomic mass is 19.1. The Morgan fingerprint density at radius 1 is 1.35 bits per heavy atom. The van der Waals surface area contributed by atoms with Crippen molar-refractivity contribution < 1.29 is 14.1 Å². The van der Waals surface area contributed by atoms with Crippen molar-refractivity contribution in [2.45, 2.75) is 6.92 Å². The van der Waals surface area contributed by atoms with E-state index in [1.807, 2.05) is 6.92 Å². The fraction of sp³-hybridized carbons (Fsp3) is 0.0667. The van der Waals surface area contributed by atoms with Gasteiger partial charge in [-0.05, 0) is 30.7 Å². The molecular weight excluding hydrogens is 303 g/mol. The van der Waals surface area contributed by atoms with Crippen molar-refractivity contribution >= 4 is 28.2 Å². The van der Waals surface area contributed by atoms with Crippen LogP contribution >= 0.6 is 0 Å². The van der Waals surface area contributed by atoms with E-state index in [1.165, 1.54) is 0 Å². The van der Waals surface area contributed by atoms with Crippen molar-refractivity contribution in [2.24, 2.45) is 0 Å². The molecule has 0 atom stereocenters. The van der Waals surface area contributed by atoms with Crippen LogP contribution in [0.3, 0.4) is 0 Å². The lowest BCUT2D eigenvalue weighted by molar-refractivity contribution is -0.385. The number of aryl methyl sites for hydroxylation is 1. The highest BCUT2D eigenvalue weighted by Crippen LogP contribution is 2.26. The molecule has 3 aromatic rings. The number of amides is 1. The van der Waals surface area contributed by atoms with Gasteiger partial charge in [0.15, 0.2) is 0 Å². The number of halogens is 1. The Morgan fingerprint density at radius 3 is 2.87 bits per heavy atom. The third-order valence-electron chi connectivity index (χ3n) is 3.48. The predicted molar refractivity (Wildman–Crippen MR) is 81.8 cm³/mol. The van der Waals surface area contributed by atoms with Crippen LogP contribution in [-0.2, 0) is 0 Å². The number of aromatic amines is 1. The Kier molecular flexibility index (Phi) is 3.49. The maximum absolute atomic E-state index is 13.3. The standard InChI is InChI=1S/C15H11FN4O3/c1-8-2-4-12(14-11(8)7-17-19-14)18-15(21)10-6-9(16)3-5-13(10)20(22)23/h2-7H,1H3,(H,17,19)(H,18,21). The van der Waals surface area contributed by atoms with Gasteiger partial charge in [-0.2, -0.15) is 5.10 Å². The van der Waals surface area contributed by atoms with Gasteiger partial charge >= 0.3 is 0 Å². The normalized spacial score (nSPS) is 10.7. The van der Waals surface area contributed by atoms with Crippen molar-refractivity contribution in [2.75, 3.05) is 5.32 Å². The Balaban J connectivity index is 2.02. The number of anilines is 1. The van der Waals surface area contributed by atoms with Crippen molar-refractivity contribution in [1.29, 1.82) is 0 Å². The average Bonchev–Trinajstić information content (AvgIpc) is 3.00. The summed E-state index contributed by atoms with van der Waals surface area (Å²) >= 11 is 0. The Hall–Kier alpha value is -3.29. The van der Waals surface area contributed by atoms with Gasteiger partial charge in [-0.25, -0.2) is 4.39 Å². The first-order valence-electron chi connectivity index (χ1n) is 6.65. The SMILES string of the molecule is Cc1ccc(NC(=O)c2cc(F)ccc2[N+](=O)[O-])c2[nH]ncc12. The molecule has 3 rings (SSSR count). The van der Waals surface area contributed by atoms with Crippen molar-refractivity contribution in [3.8, 4) is 0 Å². The highest BCUT2D eigenvalue weighted by Gasteiger charge is 2.21. The molecule has 2 N–H and O–H groups in total. The van der Waals surface area contributed by atoms with Gasteiger partial charge in [-0.1, -0.05) is 6.07 Å². The summed E-state index contributed by atoms with van der Waals surface area (Å²) in [6.45, 7) is 1.89. The van der Waals surface area contributed by atoms with Gasteiger partial charge in [0.05, 0.1) is 22.3 Å². The largest absolute Gasteiger partial charge is 0.320 e. The maximum Gasteiger partial charge on any atom is 0.282 e. The third-order valence-corrected chi connectivity index (χ3v) is 3.48. The first-order valence-corrected chi connectivity index (χ1v) is 6.65. The number of aromatic nitrogens is 2. The summed E-state index contributed by atoms with van der Waals surface area (Å²) in [6, 6.07) is 6.18. The maximum atomic E-state index is 13.3. The summed E-state index contributed by atoms with van der Waals surface area (Å²) in [6.07, 6.45) is 1.62. The van der Waals surface area contributed by atoms with E-state index in [4.69, 9.17) is 0 Å². The van der Waals surface area contributed by atoms with Crippen LogP contribution in [0, 0.1) is 22.9 Å². The van der Waals surface area contributed by atoms with Gasteiger partial charge in [0, 0.05) is 11.5 Å². The second kappa shape index (κ2) is 5.48. The second-order valence-electron chi connectivity index (χ2n) is 4.96. The third kappa shape index (κ3) is 2.61. The molecule has 0 aliphatic heterocycles. The number of nitro groups is 1. The number of rotatable bonds is 3. The van der Waals surface area contributed by atoms with Gasteiger partial charge in [0.1, 0.15) is 11.4 Å². The quantitative estimate of drug-likeness (QED) is 0.572. The summed E-state index contributed by atoms with van der Waals surface area (Å²) in [7, 11) is 0. The number of hydrogen-bond acceptors (Lipinski definition) is 4. The number of H-pyrrole nitrogens is 1. The van der Waals surface area contributed by atoms with Crippen LogP contribution in [-0.4, -0.2) is 21.0 Å². The van der Waals surface area contributed by atoms with Crippen LogP contribution in [0.25, 0.3) is 10.9 Å². The molecule has 1 amide bonds. The zero-order valence-electron chi connectivity index (χ0n) is 12.0. The minimum Gasteiger partial charge on any atom is -0.320 e. The highest BCUT2D eigenvalue weighted by molar-refractivity contribution is 6.10. The molecule has 1 aromatic heterocycles. The smallest absolute Gasteiger partial charge is 0.282 e. The van der Waals surface area contributed by atoms with E-state index in [1.54, 1.807) is 18.3 Å². The number of nitrogens with one attached hydrogen (secondary N) is 2. The van der Waals surface area contributed by atoms with Crippen LogP contribution in [0.1, 0.15) is 15.9 Å². The molecule has 2 aromatic carbocycles. The number of hydrogen-bond donors (Lipinski definition) is 2. The van der Waals surface area contributed by atoms with Crippen molar-refractivity contribution in [1.82, 2.24) is 10.2 Å². The number of carbonyl (C=O) groups is 1. The lowest BCUT2D eigenvalue weighted by Gasteiger charge is -2.08. The number of fused-ring (bicyclic) bond motifs is 1.